The predicted octanol–water partition coefficient (Wildman–Crippen LogP) is 3.05. The van der Waals surface area contributed by atoms with Gasteiger partial charge in [-0.05, 0) is 40.2 Å². The topological polar surface area (TPSA) is 54.3 Å². The van der Waals surface area contributed by atoms with Crippen LogP contribution in [0.2, 0.25) is 0 Å². The molecule has 6 nitrogen and oxygen atoms in total. The number of hydrogen-bond acceptors (Lipinski definition) is 5. The van der Waals surface area contributed by atoms with Gasteiger partial charge in [0, 0.05) is 49.5 Å². The van der Waals surface area contributed by atoms with Crippen molar-refractivity contribution in [2.75, 3.05) is 31.1 Å². The Morgan fingerprint density at radius 1 is 1.12 bits per heavy atom. The maximum Gasteiger partial charge on any atom is 0.253 e. The van der Waals surface area contributed by atoms with Crippen molar-refractivity contribution in [2.45, 2.75) is 0 Å². The van der Waals surface area contributed by atoms with Crippen LogP contribution >= 0.6 is 27.3 Å². The number of thiazole rings is 1. The molecular formula is C17H16BrN5OS. The first kappa shape index (κ1) is 16.3. The van der Waals surface area contributed by atoms with Crippen LogP contribution in [0.3, 0.4) is 0 Å². The Hall–Kier alpha value is -2.19. The van der Waals surface area contributed by atoms with E-state index in [2.05, 4.69) is 30.9 Å². The van der Waals surface area contributed by atoms with Crippen LogP contribution in [0.5, 0.6) is 0 Å². The van der Waals surface area contributed by atoms with Gasteiger partial charge < -0.3 is 9.80 Å². The van der Waals surface area contributed by atoms with Crippen molar-refractivity contribution in [2.24, 2.45) is 0 Å². The summed E-state index contributed by atoms with van der Waals surface area (Å²) in [5.74, 6) is 0.0759. The van der Waals surface area contributed by atoms with Gasteiger partial charge in [-0.1, -0.05) is 0 Å². The first-order valence-corrected chi connectivity index (χ1v) is 9.62. The van der Waals surface area contributed by atoms with E-state index in [0.717, 1.165) is 28.4 Å². The summed E-state index contributed by atoms with van der Waals surface area (Å²) >= 11 is 5.02. The lowest BCUT2D eigenvalue weighted by atomic mass is 10.1. The first-order chi connectivity index (χ1) is 12.2. The third kappa shape index (κ3) is 3.45. The Balaban J connectivity index is 1.41. The maximum atomic E-state index is 12.7. The lowest BCUT2D eigenvalue weighted by Gasteiger charge is -2.34. The van der Waals surface area contributed by atoms with Crippen molar-refractivity contribution < 1.29 is 4.79 Å². The number of anilines is 1. The number of carbonyl (C=O) groups excluding carboxylic acids is 1. The van der Waals surface area contributed by atoms with Gasteiger partial charge in [-0.3, -0.25) is 4.79 Å². The Kier molecular flexibility index (Phi) is 4.54. The van der Waals surface area contributed by atoms with Gasteiger partial charge in [0.05, 0.1) is 16.4 Å². The number of benzene rings is 1. The zero-order valence-electron chi connectivity index (χ0n) is 13.4. The Morgan fingerprint density at radius 3 is 2.48 bits per heavy atom. The number of amides is 1. The summed E-state index contributed by atoms with van der Waals surface area (Å²) in [5, 5.41) is 7.26. The molecule has 4 rings (SSSR count). The molecule has 1 amide bonds. The Morgan fingerprint density at radius 2 is 1.88 bits per heavy atom. The van der Waals surface area contributed by atoms with E-state index in [9.17, 15) is 4.79 Å². The molecule has 128 valence electrons. The van der Waals surface area contributed by atoms with Crippen molar-refractivity contribution in [3.05, 3.63) is 58.3 Å². The van der Waals surface area contributed by atoms with Gasteiger partial charge in [0.25, 0.3) is 5.91 Å². The highest BCUT2D eigenvalue weighted by Gasteiger charge is 2.23. The molecule has 3 heterocycles. The fourth-order valence-electron chi connectivity index (χ4n) is 2.85. The van der Waals surface area contributed by atoms with Crippen LogP contribution in [0.15, 0.2) is 52.7 Å². The summed E-state index contributed by atoms with van der Waals surface area (Å²) in [6.07, 6.45) is 5.44. The zero-order chi connectivity index (χ0) is 17.2. The van der Waals surface area contributed by atoms with Gasteiger partial charge in [-0.25, -0.2) is 9.67 Å². The van der Waals surface area contributed by atoms with Crippen LogP contribution in [0.4, 0.5) is 5.13 Å². The Bertz CT molecular complexity index is 854. The summed E-state index contributed by atoms with van der Waals surface area (Å²) in [7, 11) is 0. The predicted molar refractivity (Wildman–Crippen MR) is 101 cm³/mol. The van der Waals surface area contributed by atoms with Gasteiger partial charge >= 0.3 is 0 Å². The summed E-state index contributed by atoms with van der Waals surface area (Å²) in [6.45, 7) is 3.07. The molecule has 25 heavy (non-hydrogen) atoms. The molecule has 0 N–H and O–H groups in total. The number of nitrogens with zero attached hydrogens (tertiary/aromatic N) is 5. The van der Waals surface area contributed by atoms with Gasteiger partial charge in [0.1, 0.15) is 0 Å². The molecule has 1 aromatic carbocycles. The van der Waals surface area contributed by atoms with Crippen LogP contribution in [-0.2, 0) is 0 Å². The van der Waals surface area contributed by atoms with Gasteiger partial charge in [-0.15, -0.1) is 11.3 Å². The second-order valence-corrected chi connectivity index (χ2v) is 7.53. The molecule has 1 aliphatic heterocycles. The van der Waals surface area contributed by atoms with Gasteiger partial charge in [-0.2, -0.15) is 5.10 Å². The second kappa shape index (κ2) is 6.97. The minimum Gasteiger partial charge on any atom is -0.345 e. The molecule has 2 aromatic heterocycles. The molecule has 1 saturated heterocycles. The maximum absolute atomic E-state index is 12.7. The third-order valence-corrected chi connectivity index (χ3v) is 5.43. The highest BCUT2D eigenvalue weighted by Crippen LogP contribution is 2.20. The van der Waals surface area contributed by atoms with E-state index in [4.69, 9.17) is 0 Å². The molecule has 0 radical (unpaired) electrons. The molecular weight excluding hydrogens is 402 g/mol. The highest BCUT2D eigenvalue weighted by molar-refractivity contribution is 9.10. The summed E-state index contributed by atoms with van der Waals surface area (Å²) < 4.78 is 2.69. The lowest BCUT2D eigenvalue weighted by molar-refractivity contribution is 0.0747. The van der Waals surface area contributed by atoms with Crippen molar-refractivity contribution in [3.63, 3.8) is 0 Å². The molecule has 1 aliphatic rings. The number of rotatable bonds is 3. The molecule has 0 aliphatic carbocycles. The SMILES string of the molecule is O=C(c1ccc(-n2cc(Br)cn2)cc1)N1CCN(c2nccs2)CC1. The average Bonchev–Trinajstić information content (AvgIpc) is 3.33. The van der Waals surface area contributed by atoms with E-state index in [1.807, 2.05) is 46.9 Å². The van der Waals surface area contributed by atoms with Crippen LogP contribution in [0.25, 0.3) is 5.69 Å². The summed E-state index contributed by atoms with van der Waals surface area (Å²) in [6, 6.07) is 7.55. The van der Waals surface area contributed by atoms with E-state index >= 15 is 0 Å². The van der Waals surface area contributed by atoms with E-state index in [0.29, 0.717) is 18.7 Å². The number of aromatic nitrogens is 3. The second-order valence-electron chi connectivity index (χ2n) is 5.74. The van der Waals surface area contributed by atoms with Crippen molar-refractivity contribution >= 4 is 38.3 Å². The normalized spacial score (nSPS) is 14.8. The summed E-state index contributed by atoms with van der Waals surface area (Å²) in [5.41, 5.74) is 1.63. The average molecular weight is 418 g/mol. The fraction of sp³-hybridized carbons (Fsp3) is 0.235. The number of carbonyl (C=O) groups is 1. The largest absolute Gasteiger partial charge is 0.345 e. The molecule has 0 atom stereocenters. The molecule has 0 saturated carbocycles. The zero-order valence-corrected chi connectivity index (χ0v) is 15.8. The highest BCUT2D eigenvalue weighted by atomic mass is 79.9. The van der Waals surface area contributed by atoms with Crippen molar-refractivity contribution in [3.8, 4) is 5.69 Å². The molecule has 0 bridgehead atoms. The number of piperazine rings is 1. The van der Waals surface area contributed by atoms with Gasteiger partial charge in [0.15, 0.2) is 5.13 Å². The van der Waals surface area contributed by atoms with E-state index in [1.54, 1.807) is 22.2 Å². The lowest BCUT2D eigenvalue weighted by Crippen LogP contribution is -2.48. The molecule has 0 spiro atoms. The summed E-state index contributed by atoms with van der Waals surface area (Å²) in [4.78, 5) is 21.2. The monoisotopic (exact) mass is 417 g/mol. The molecule has 8 heteroatoms. The van der Waals surface area contributed by atoms with Crippen LogP contribution in [0.1, 0.15) is 10.4 Å². The third-order valence-electron chi connectivity index (χ3n) is 4.19. The minimum absolute atomic E-state index is 0.0759. The van der Waals surface area contributed by atoms with E-state index in [1.165, 1.54) is 0 Å². The Labute approximate surface area is 157 Å². The van der Waals surface area contributed by atoms with Crippen molar-refractivity contribution in [1.29, 1.82) is 0 Å². The van der Waals surface area contributed by atoms with Crippen molar-refractivity contribution in [1.82, 2.24) is 19.7 Å². The molecule has 3 aromatic rings. The minimum atomic E-state index is 0.0759. The van der Waals surface area contributed by atoms with Crippen LogP contribution < -0.4 is 4.90 Å². The number of hydrogen-bond donors (Lipinski definition) is 0. The molecule has 0 unspecified atom stereocenters. The van der Waals surface area contributed by atoms with E-state index in [-0.39, 0.29) is 5.91 Å². The van der Waals surface area contributed by atoms with Crippen LogP contribution in [-0.4, -0.2) is 51.8 Å². The van der Waals surface area contributed by atoms with Crippen LogP contribution in [0, 0.1) is 0 Å². The van der Waals surface area contributed by atoms with Gasteiger partial charge in [0.2, 0.25) is 0 Å². The number of halogens is 1. The van der Waals surface area contributed by atoms with E-state index < -0.39 is 0 Å². The standard InChI is InChI=1S/C17H16BrN5OS/c18-14-11-20-23(12-14)15-3-1-13(2-4-15)16(24)21-6-8-22(9-7-21)17-19-5-10-25-17/h1-5,10-12H,6-9H2. The quantitative estimate of drug-likeness (QED) is 0.656. The molecule has 1 fully saturated rings. The smallest absolute Gasteiger partial charge is 0.253 e. The first-order valence-electron chi connectivity index (χ1n) is 7.95. The fourth-order valence-corrected chi connectivity index (χ4v) is 3.84.